The number of rotatable bonds is 4. The molecule has 0 aliphatic carbocycles. The molecule has 0 saturated carbocycles. The number of carbonyl (C=O) groups is 1. The van der Waals surface area contributed by atoms with Crippen molar-refractivity contribution in [1.29, 1.82) is 0 Å². The van der Waals surface area contributed by atoms with Gasteiger partial charge in [-0.1, -0.05) is 44.2 Å². The van der Waals surface area contributed by atoms with E-state index in [2.05, 4.69) is 29.2 Å². The molecular weight excluding hydrogens is 226 g/mol. The molecule has 0 aromatic heterocycles. The first-order valence-corrected chi connectivity index (χ1v) is 6.61. The summed E-state index contributed by atoms with van der Waals surface area (Å²) in [6.45, 7) is 5.71. The van der Waals surface area contributed by atoms with Crippen LogP contribution in [0.4, 0.5) is 0 Å². The van der Waals surface area contributed by atoms with Gasteiger partial charge in [-0.25, -0.2) is 0 Å². The lowest BCUT2D eigenvalue weighted by atomic mass is 9.98. The topological polar surface area (TPSA) is 40.5 Å². The number of aliphatic carboxylic acids is 1. The van der Waals surface area contributed by atoms with E-state index in [-0.39, 0.29) is 12.0 Å². The fraction of sp³-hybridized carbons (Fsp3) is 0.533. The third-order valence-electron chi connectivity index (χ3n) is 3.77. The van der Waals surface area contributed by atoms with Gasteiger partial charge in [-0.05, 0) is 30.4 Å². The summed E-state index contributed by atoms with van der Waals surface area (Å²) in [4.78, 5) is 13.4. The van der Waals surface area contributed by atoms with E-state index < -0.39 is 5.97 Å². The van der Waals surface area contributed by atoms with Crippen molar-refractivity contribution in [2.24, 2.45) is 5.92 Å². The molecule has 98 valence electrons. The van der Waals surface area contributed by atoms with Gasteiger partial charge in [0.15, 0.2) is 0 Å². The highest BCUT2D eigenvalue weighted by atomic mass is 16.4. The van der Waals surface area contributed by atoms with Crippen LogP contribution < -0.4 is 0 Å². The number of carboxylic acid groups (broad SMARTS) is 1. The van der Waals surface area contributed by atoms with E-state index >= 15 is 0 Å². The Balaban J connectivity index is 2.06. The predicted octanol–water partition coefficient (Wildman–Crippen LogP) is 2.59. The van der Waals surface area contributed by atoms with E-state index in [0.717, 1.165) is 19.5 Å². The maximum atomic E-state index is 11.3. The molecule has 3 nitrogen and oxygen atoms in total. The minimum atomic E-state index is -0.696. The Bertz CT molecular complexity index is 402. The maximum absolute atomic E-state index is 11.3. The van der Waals surface area contributed by atoms with Crippen molar-refractivity contribution in [2.45, 2.75) is 32.2 Å². The first-order valence-electron chi connectivity index (χ1n) is 6.61. The highest BCUT2D eigenvalue weighted by molar-refractivity contribution is 5.73. The van der Waals surface area contributed by atoms with Crippen molar-refractivity contribution in [2.75, 3.05) is 13.1 Å². The Morgan fingerprint density at radius 1 is 1.33 bits per heavy atom. The Kier molecular flexibility index (Phi) is 4.02. The van der Waals surface area contributed by atoms with E-state index in [1.807, 2.05) is 19.9 Å². The summed E-state index contributed by atoms with van der Waals surface area (Å²) in [7, 11) is 0. The predicted molar refractivity (Wildman–Crippen MR) is 71.6 cm³/mol. The number of hydrogen-bond donors (Lipinski definition) is 1. The van der Waals surface area contributed by atoms with Crippen LogP contribution in [0.15, 0.2) is 30.3 Å². The van der Waals surface area contributed by atoms with Crippen LogP contribution in [0.25, 0.3) is 0 Å². The minimum Gasteiger partial charge on any atom is -0.480 e. The van der Waals surface area contributed by atoms with Gasteiger partial charge >= 0.3 is 5.97 Å². The first-order chi connectivity index (χ1) is 8.59. The zero-order valence-electron chi connectivity index (χ0n) is 11.0. The van der Waals surface area contributed by atoms with Crippen molar-refractivity contribution in [1.82, 2.24) is 4.90 Å². The van der Waals surface area contributed by atoms with Crippen LogP contribution in [0.2, 0.25) is 0 Å². The summed E-state index contributed by atoms with van der Waals surface area (Å²) in [6, 6.07) is 10.0. The molecule has 2 atom stereocenters. The second kappa shape index (κ2) is 5.53. The van der Waals surface area contributed by atoms with Gasteiger partial charge in [-0.2, -0.15) is 0 Å². The van der Waals surface area contributed by atoms with Crippen LogP contribution in [0.1, 0.15) is 31.7 Å². The van der Waals surface area contributed by atoms with Gasteiger partial charge in [0.25, 0.3) is 0 Å². The number of likely N-dealkylation sites (tertiary alicyclic amines) is 1. The number of nitrogens with zero attached hydrogens (tertiary/aromatic N) is 1. The van der Waals surface area contributed by atoms with Crippen LogP contribution in [-0.2, 0) is 4.79 Å². The van der Waals surface area contributed by atoms with Crippen molar-refractivity contribution in [3.63, 3.8) is 0 Å². The molecule has 1 N–H and O–H groups in total. The summed E-state index contributed by atoms with van der Waals surface area (Å²) in [6.07, 6.45) is 1.06. The summed E-state index contributed by atoms with van der Waals surface area (Å²) >= 11 is 0. The molecule has 0 bridgehead atoms. The van der Waals surface area contributed by atoms with E-state index in [4.69, 9.17) is 0 Å². The summed E-state index contributed by atoms with van der Waals surface area (Å²) < 4.78 is 0. The van der Waals surface area contributed by atoms with Gasteiger partial charge in [-0.3, -0.25) is 9.69 Å². The lowest BCUT2D eigenvalue weighted by Gasteiger charge is -2.27. The number of benzene rings is 1. The number of carboxylic acids is 1. The molecule has 1 aliphatic rings. The van der Waals surface area contributed by atoms with E-state index in [9.17, 15) is 9.90 Å². The van der Waals surface area contributed by atoms with Crippen molar-refractivity contribution >= 4 is 5.97 Å². The Hall–Kier alpha value is -1.35. The molecule has 3 heteroatoms. The van der Waals surface area contributed by atoms with Gasteiger partial charge in [0.1, 0.15) is 6.04 Å². The third-order valence-corrected chi connectivity index (χ3v) is 3.77. The highest BCUT2D eigenvalue weighted by Gasteiger charge is 2.34. The minimum absolute atomic E-state index is 0.150. The van der Waals surface area contributed by atoms with Crippen molar-refractivity contribution in [3.8, 4) is 0 Å². The molecule has 1 saturated heterocycles. The standard InChI is InChI=1S/C15H21NO2/c1-11(2)14(15(17)18)16-9-8-13(10-16)12-6-4-3-5-7-12/h3-7,11,13-14H,8-10H2,1-2H3,(H,17,18)/t13-,14?/m1/s1. The third kappa shape index (κ3) is 2.72. The zero-order valence-corrected chi connectivity index (χ0v) is 11.0. The molecule has 2 rings (SSSR count). The van der Waals surface area contributed by atoms with Crippen molar-refractivity contribution < 1.29 is 9.90 Å². The number of hydrogen-bond acceptors (Lipinski definition) is 2. The van der Waals surface area contributed by atoms with Crippen LogP contribution in [0.5, 0.6) is 0 Å². The van der Waals surface area contributed by atoms with Gasteiger partial charge in [0.2, 0.25) is 0 Å². The molecule has 1 fully saturated rings. The van der Waals surface area contributed by atoms with Gasteiger partial charge < -0.3 is 5.11 Å². The quantitative estimate of drug-likeness (QED) is 0.889. The molecule has 1 aliphatic heterocycles. The monoisotopic (exact) mass is 247 g/mol. The molecule has 0 amide bonds. The fourth-order valence-electron chi connectivity index (χ4n) is 2.90. The molecule has 0 spiro atoms. The van der Waals surface area contributed by atoms with Crippen LogP contribution in [-0.4, -0.2) is 35.1 Å². The lowest BCUT2D eigenvalue weighted by Crippen LogP contribution is -2.43. The van der Waals surface area contributed by atoms with Gasteiger partial charge in [0.05, 0.1) is 0 Å². The molecule has 1 heterocycles. The van der Waals surface area contributed by atoms with E-state index in [1.165, 1.54) is 5.56 Å². The van der Waals surface area contributed by atoms with Crippen LogP contribution in [0.3, 0.4) is 0 Å². The average molecular weight is 247 g/mol. The van der Waals surface area contributed by atoms with Crippen LogP contribution in [0, 0.1) is 5.92 Å². The maximum Gasteiger partial charge on any atom is 0.321 e. The molecule has 0 radical (unpaired) electrons. The smallest absolute Gasteiger partial charge is 0.321 e. The van der Waals surface area contributed by atoms with E-state index in [1.54, 1.807) is 0 Å². The molecule has 1 aromatic carbocycles. The van der Waals surface area contributed by atoms with Crippen LogP contribution >= 0.6 is 0 Å². The largest absolute Gasteiger partial charge is 0.480 e. The molecule has 1 unspecified atom stereocenters. The molecular formula is C15H21NO2. The molecule has 18 heavy (non-hydrogen) atoms. The van der Waals surface area contributed by atoms with Gasteiger partial charge in [0, 0.05) is 6.54 Å². The highest BCUT2D eigenvalue weighted by Crippen LogP contribution is 2.29. The average Bonchev–Trinajstić information content (AvgIpc) is 2.78. The Labute approximate surface area is 108 Å². The normalized spacial score (nSPS) is 22.3. The second-order valence-corrected chi connectivity index (χ2v) is 5.42. The SMILES string of the molecule is CC(C)C(C(=O)O)N1CC[C@@H](c2ccccc2)C1. The fourth-order valence-corrected chi connectivity index (χ4v) is 2.90. The summed E-state index contributed by atoms with van der Waals surface area (Å²) in [5.41, 5.74) is 1.33. The second-order valence-electron chi connectivity index (χ2n) is 5.42. The van der Waals surface area contributed by atoms with E-state index in [0.29, 0.717) is 5.92 Å². The lowest BCUT2D eigenvalue weighted by molar-refractivity contribution is -0.144. The zero-order chi connectivity index (χ0) is 13.1. The molecule has 1 aromatic rings. The van der Waals surface area contributed by atoms with Crippen molar-refractivity contribution in [3.05, 3.63) is 35.9 Å². The Morgan fingerprint density at radius 2 is 2.00 bits per heavy atom. The summed E-state index contributed by atoms with van der Waals surface area (Å²) in [5.74, 6) is -0.0671. The summed E-state index contributed by atoms with van der Waals surface area (Å²) in [5, 5.41) is 9.32. The first kappa shape index (κ1) is 13.1. The van der Waals surface area contributed by atoms with Gasteiger partial charge in [-0.15, -0.1) is 0 Å². The Morgan fingerprint density at radius 3 is 2.56 bits per heavy atom.